The van der Waals surface area contributed by atoms with E-state index in [1.54, 1.807) is 6.92 Å². The van der Waals surface area contributed by atoms with Crippen LogP contribution in [0.25, 0.3) is 0 Å². The lowest BCUT2D eigenvalue weighted by Gasteiger charge is -2.13. The number of aryl methyl sites for hydroxylation is 2. The molecule has 0 radical (unpaired) electrons. The van der Waals surface area contributed by atoms with E-state index in [2.05, 4.69) is 4.98 Å². The molecule has 1 aromatic heterocycles. The lowest BCUT2D eigenvalue weighted by Crippen LogP contribution is -2.01. The van der Waals surface area contributed by atoms with Gasteiger partial charge in [0.15, 0.2) is 5.13 Å². The van der Waals surface area contributed by atoms with Gasteiger partial charge in [-0.2, -0.15) is 0 Å². The average molecular weight is 268 g/mol. The molecule has 1 aromatic carbocycles. The van der Waals surface area contributed by atoms with Crippen LogP contribution >= 0.6 is 11.3 Å². The third-order valence-corrected chi connectivity index (χ3v) is 4.16. The monoisotopic (exact) mass is 268 g/mol. The van der Waals surface area contributed by atoms with Gasteiger partial charge in [-0.05, 0) is 37.1 Å². The molecule has 0 bridgehead atoms. The molecule has 96 valence electrons. The number of nitrogen functional groups attached to an aromatic ring is 1. The molecule has 1 unspecified atom stereocenters. The maximum Gasteiger partial charge on any atom is 0.180 e. The standard InChI is InChI=1S/C13H14F2N2S/c1-6-4-11(15)9(5-10(6)14)7(2)12-8(3)17-13(16)18-12/h4-5,7H,1-3H3,(H2,16,17). The van der Waals surface area contributed by atoms with Crippen molar-refractivity contribution in [3.8, 4) is 0 Å². The molecule has 0 aliphatic carbocycles. The summed E-state index contributed by atoms with van der Waals surface area (Å²) >= 11 is 1.31. The summed E-state index contributed by atoms with van der Waals surface area (Å²) in [6, 6.07) is 2.48. The van der Waals surface area contributed by atoms with Crippen LogP contribution in [-0.4, -0.2) is 4.98 Å². The van der Waals surface area contributed by atoms with Crippen molar-refractivity contribution >= 4 is 16.5 Å². The predicted molar refractivity (Wildman–Crippen MR) is 69.9 cm³/mol. The van der Waals surface area contributed by atoms with Crippen LogP contribution in [0.15, 0.2) is 12.1 Å². The highest BCUT2D eigenvalue weighted by Gasteiger charge is 2.19. The molecular formula is C13H14F2N2S. The van der Waals surface area contributed by atoms with E-state index in [1.807, 2.05) is 13.8 Å². The molecule has 2 rings (SSSR count). The zero-order valence-electron chi connectivity index (χ0n) is 10.4. The maximum atomic E-state index is 13.9. The van der Waals surface area contributed by atoms with Crippen LogP contribution in [-0.2, 0) is 0 Å². The van der Waals surface area contributed by atoms with Gasteiger partial charge in [0.1, 0.15) is 11.6 Å². The van der Waals surface area contributed by atoms with Crippen molar-refractivity contribution in [2.45, 2.75) is 26.7 Å². The molecule has 2 nitrogen and oxygen atoms in total. The van der Waals surface area contributed by atoms with Crippen LogP contribution < -0.4 is 5.73 Å². The SMILES string of the molecule is Cc1cc(F)c(C(C)c2sc(N)nc2C)cc1F. The lowest BCUT2D eigenvalue weighted by molar-refractivity contribution is 0.574. The van der Waals surface area contributed by atoms with Crippen molar-refractivity contribution in [3.63, 3.8) is 0 Å². The van der Waals surface area contributed by atoms with Crippen molar-refractivity contribution in [1.29, 1.82) is 0 Å². The normalized spacial score (nSPS) is 12.7. The highest BCUT2D eigenvalue weighted by Crippen LogP contribution is 2.34. The number of rotatable bonds is 2. The molecule has 18 heavy (non-hydrogen) atoms. The van der Waals surface area contributed by atoms with E-state index in [0.29, 0.717) is 16.3 Å². The van der Waals surface area contributed by atoms with Gasteiger partial charge >= 0.3 is 0 Å². The summed E-state index contributed by atoms with van der Waals surface area (Å²) in [7, 11) is 0. The molecule has 5 heteroatoms. The Bertz CT molecular complexity index is 593. The van der Waals surface area contributed by atoms with E-state index in [9.17, 15) is 8.78 Å². The zero-order valence-corrected chi connectivity index (χ0v) is 11.2. The third kappa shape index (κ3) is 2.22. The Kier molecular flexibility index (Phi) is 3.34. The highest BCUT2D eigenvalue weighted by atomic mass is 32.1. The van der Waals surface area contributed by atoms with Crippen LogP contribution in [0, 0.1) is 25.5 Å². The smallest absolute Gasteiger partial charge is 0.180 e. The molecular weight excluding hydrogens is 254 g/mol. The van der Waals surface area contributed by atoms with E-state index in [0.717, 1.165) is 10.6 Å². The van der Waals surface area contributed by atoms with E-state index in [-0.39, 0.29) is 5.92 Å². The number of aromatic nitrogens is 1. The molecule has 0 spiro atoms. The Morgan fingerprint density at radius 1 is 1.22 bits per heavy atom. The fourth-order valence-corrected chi connectivity index (χ4v) is 2.87. The van der Waals surface area contributed by atoms with Gasteiger partial charge in [0.05, 0.1) is 5.69 Å². The molecule has 0 aliphatic rings. The molecule has 0 saturated carbocycles. The molecule has 1 atom stereocenters. The number of hydrogen-bond donors (Lipinski definition) is 1. The molecule has 0 aliphatic heterocycles. The second-order valence-electron chi connectivity index (χ2n) is 4.35. The first-order chi connectivity index (χ1) is 8.40. The van der Waals surface area contributed by atoms with E-state index < -0.39 is 11.6 Å². The van der Waals surface area contributed by atoms with Crippen molar-refractivity contribution in [2.24, 2.45) is 0 Å². The van der Waals surface area contributed by atoms with Crippen molar-refractivity contribution in [2.75, 3.05) is 5.73 Å². The highest BCUT2D eigenvalue weighted by molar-refractivity contribution is 7.15. The fourth-order valence-electron chi connectivity index (χ4n) is 1.97. The van der Waals surface area contributed by atoms with Gasteiger partial charge in [0.2, 0.25) is 0 Å². The number of halogens is 2. The van der Waals surface area contributed by atoms with Gasteiger partial charge in [-0.1, -0.05) is 6.92 Å². The average Bonchev–Trinajstić information content (AvgIpc) is 2.62. The number of hydrogen-bond acceptors (Lipinski definition) is 3. The number of anilines is 1. The molecule has 0 saturated heterocycles. The minimum atomic E-state index is -0.396. The summed E-state index contributed by atoms with van der Waals surface area (Å²) in [5.74, 6) is -1.05. The quantitative estimate of drug-likeness (QED) is 0.900. The number of nitrogens with two attached hydrogens (primary N) is 1. The second kappa shape index (κ2) is 4.65. The first-order valence-corrected chi connectivity index (χ1v) is 6.40. The molecule has 0 amide bonds. The summed E-state index contributed by atoms with van der Waals surface area (Å²) in [5.41, 5.74) is 7.04. The minimum Gasteiger partial charge on any atom is -0.375 e. The Morgan fingerprint density at radius 2 is 1.89 bits per heavy atom. The topological polar surface area (TPSA) is 38.9 Å². The van der Waals surface area contributed by atoms with Gasteiger partial charge in [0, 0.05) is 10.8 Å². The van der Waals surface area contributed by atoms with Gasteiger partial charge in [0.25, 0.3) is 0 Å². The fraction of sp³-hybridized carbons (Fsp3) is 0.308. The van der Waals surface area contributed by atoms with E-state index in [4.69, 9.17) is 5.73 Å². The number of thiazole rings is 1. The van der Waals surface area contributed by atoms with Gasteiger partial charge in [-0.3, -0.25) is 0 Å². The molecule has 1 heterocycles. The van der Waals surface area contributed by atoms with Crippen LogP contribution in [0.5, 0.6) is 0 Å². The summed E-state index contributed by atoms with van der Waals surface area (Å²) < 4.78 is 27.4. The van der Waals surface area contributed by atoms with Crippen LogP contribution in [0.3, 0.4) is 0 Å². The number of nitrogens with zero attached hydrogens (tertiary/aromatic N) is 1. The summed E-state index contributed by atoms with van der Waals surface area (Å²) in [6.45, 7) is 5.19. The first-order valence-electron chi connectivity index (χ1n) is 5.58. The predicted octanol–water partition coefficient (Wildman–Crippen LogP) is 3.77. The summed E-state index contributed by atoms with van der Waals surface area (Å²) in [4.78, 5) is 4.98. The third-order valence-electron chi connectivity index (χ3n) is 2.99. The van der Waals surface area contributed by atoms with Crippen LogP contribution in [0.4, 0.5) is 13.9 Å². The molecule has 2 aromatic rings. The van der Waals surface area contributed by atoms with Crippen molar-refractivity contribution in [1.82, 2.24) is 4.98 Å². The maximum absolute atomic E-state index is 13.9. The van der Waals surface area contributed by atoms with Crippen molar-refractivity contribution in [3.05, 3.63) is 45.5 Å². The Morgan fingerprint density at radius 3 is 2.44 bits per heavy atom. The van der Waals surface area contributed by atoms with Crippen molar-refractivity contribution < 1.29 is 8.78 Å². The molecule has 2 N–H and O–H groups in total. The van der Waals surface area contributed by atoms with Crippen LogP contribution in [0.2, 0.25) is 0 Å². The van der Waals surface area contributed by atoms with Gasteiger partial charge in [-0.25, -0.2) is 13.8 Å². The first kappa shape index (κ1) is 13.0. The van der Waals surface area contributed by atoms with Crippen LogP contribution in [0.1, 0.15) is 34.5 Å². The molecule has 0 fully saturated rings. The summed E-state index contributed by atoms with van der Waals surface area (Å²) in [5, 5.41) is 0.447. The second-order valence-corrected chi connectivity index (χ2v) is 5.41. The minimum absolute atomic E-state index is 0.255. The lowest BCUT2D eigenvalue weighted by atomic mass is 9.96. The Hall–Kier alpha value is -1.49. The number of benzene rings is 1. The van der Waals surface area contributed by atoms with E-state index >= 15 is 0 Å². The van der Waals surface area contributed by atoms with Gasteiger partial charge < -0.3 is 5.73 Å². The van der Waals surface area contributed by atoms with E-state index in [1.165, 1.54) is 23.5 Å². The Labute approximate surface area is 108 Å². The van der Waals surface area contributed by atoms with Gasteiger partial charge in [-0.15, -0.1) is 11.3 Å². The summed E-state index contributed by atoms with van der Waals surface area (Å²) in [6.07, 6.45) is 0. The zero-order chi connectivity index (χ0) is 13.4. The Balaban J connectivity index is 2.49. The largest absolute Gasteiger partial charge is 0.375 e.